The third-order valence-corrected chi connectivity index (χ3v) is 3.30. The monoisotopic (exact) mass is 266 g/mol. The van der Waals surface area contributed by atoms with Crippen LogP contribution in [0.25, 0.3) is 10.9 Å². The molecule has 3 rings (SSSR count). The van der Waals surface area contributed by atoms with Crippen LogP contribution in [0.15, 0.2) is 48.7 Å². The molecule has 4 heteroatoms. The first kappa shape index (κ1) is 12.3. The number of carbonyl (C=O) groups excluding carboxylic acids is 1. The number of H-pyrrole nitrogens is 1. The smallest absolute Gasteiger partial charge is 0.195 e. The summed E-state index contributed by atoms with van der Waals surface area (Å²) in [5.74, 6) is 0.628. The summed E-state index contributed by atoms with van der Waals surface area (Å²) in [6, 6.07) is 12.5. The maximum atomic E-state index is 12.6. The van der Waals surface area contributed by atoms with Gasteiger partial charge in [0.25, 0.3) is 0 Å². The Morgan fingerprint density at radius 2 is 1.90 bits per heavy atom. The Kier molecular flexibility index (Phi) is 2.91. The van der Waals surface area contributed by atoms with E-state index in [-0.39, 0.29) is 5.78 Å². The van der Waals surface area contributed by atoms with Crippen LogP contribution in [0.5, 0.6) is 5.75 Å². The second-order valence-electron chi connectivity index (χ2n) is 4.54. The third-order valence-electron chi connectivity index (χ3n) is 3.30. The molecular weight excluding hydrogens is 252 g/mol. The number of nitrogen functional groups attached to an aromatic ring is 1. The highest BCUT2D eigenvalue weighted by Gasteiger charge is 2.16. The van der Waals surface area contributed by atoms with Crippen molar-refractivity contribution in [2.75, 3.05) is 12.8 Å². The average Bonchev–Trinajstić information content (AvgIpc) is 2.91. The molecule has 3 N–H and O–H groups in total. The number of methoxy groups -OCH3 is 1. The zero-order valence-electron chi connectivity index (χ0n) is 11.0. The summed E-state index contributed by atoms with van der Waals surface area (Å²) in [4.78, 5) is 15.7. The van der Waals surface area contributed by atoms with Crippen LogP contribution in [0.3, 0.4) is 0 Å². The van der Waals surface area contributed by atoms with E-state index in [1.807, 2.05) is 18.2 Å². The Balaban J connectivity index is 2.14. The number of nitrogens with one attached hydrogen (secondary N) is 1. The Bertz CT molecular complexity index is 773. The molecule has 0 unspecified atom stereocenters. The van der Waals surface area contributed by atoms with E-state index in [1.54, 1.807) is 37.6 Å². The van der Waals surface area contributed by atoms with E-state index in [4.69, 9.17) is 10.5 Å². The van der Waals surface area contributed by atoms with Gasteiger partial charge in [0.05, 0.1) is 18.1 Å². The number of aromatic nitrogens is 1. The summed E-state index contributed by atoms with van der Waals surface area (Å²) in [7, 11) is 1.60. The van der Waals surface area contributed by atoms with Gasteiger partial charge in [-0.15, -0.1) is 0 Å². The molecular formula is C16H14N2O2. The number of aromatic amines is 1. The van der Waals surface area contributed by atoms with Crippen molar-refractivity contribution in [1.82, 2.24) is 4.98 Å². The molecule has 1 heterocycles. The van der Waals surface area contributed by atoms with Crippen LogP contribution in [0.1, 0.15) is 15.9 Å². The van der Waals surface area contributed by atoms with Gasteiger partial charge in [0.2, 0.25) is 0 Å². The van der Waals surface area contributed by atoms with Gasteiger partial charge < -0.3 is 15.5 Å². The molecule has 100 valence electrons. The molecule has 0 saturated carbocycles. The van der Waals surface area contributed by atoms with Crippen molar-refractivity contribution in [3.05, 3.63) is 59.8 Å². The molecule has 3 aromatic rings. The van der Waals surface area contributed by atoms with Gasteiger partial charge in [-0.1, -0.05) is 6.07 Å². The first-order chi connectivity index (χ1) is 9.70. The second kappa shape index (κ2) is 4.74. The van der Waals surface area contributed by atoms with E-state index in [2.05, 4.69) is 4.98 Å². The minimum atomic E-state index is -0.0549. The third kappa shape index (κ3) is 1.91. The van der Waals surface area contributed by atoms with Gasteiger partial charge >= 0.3 is 0 Å². The van der Waals surface area contributed by atoms with Gasteiger partial charge in [0.15, 0.2) is 5.78 Å². The van der Waals surface area contributed by atoms with E-state index < -0.39 is 0 Å². The Hall–Kier alpha value is -2.75. The molecule has 0 atom stereocenters. The lowest BCUT2D eigenvalue weighted by molar-refractivity contribution is 0.104. The Morgan fingerprint density at radius 3 is 2.60 bits per heavy atom. The lowest BCUT2D eigenvalue weighted by Crippen LogP contribution is -2.01. The van der Waals surface area contributed by atoms with Crippen LogP contribution in [-0.4, -0.2) is 17.9 Å². The number of hydrogen-bond acceptors (Lipinski definition) is 3. The quantitative estimate of drug-likeness (QED) is 0.565. The predicted molar refractivity (Wildman–Crippen MR) is 79.1 cm³/mol. The SMILES string of the molecule is COc1cccc2[nH]cc(C(=O)c3ccc(N)cc3)c12. The van der Waals surface area contributed by atoms with Crippen LogP contribution in [0, 0.1) is 0 Å². The summed E-state index contributed by atoms with van der Waals surface area (Å²) in [5.41, 5.74) is 8.36. The molecule has 0 amide bonds. The zero-order valence-corrected chi connectivity index (χ0v) is 11.0. The molecule has 0 fully saturated rings. The second-order valence-corrected chi connectivity index (χ2v) is 4.54. The minimum Gasteiger partial charge on any atom is -0.496 e. The van der Waals surface area contributed by atoms with Gasteiger partial charge in [-0.2, -0.15) is 0 Å². The van der Waals surface area contributed by atoms with E-state index in [0.717, 1.165) is 10.9 Å². The summed E-state index contributed by atoms with van der Waals surface area (Å²) in [6.45, 7) is 0. The molecule has 1 aromatic heterocycles. The molecule has 0 spiro atoms. The van der Waals surface area contributed by atoms with E-state index in [0.29, 0.717) is 22.6 Å². The fraction of sp³-hybridized carbons (Fsp3) is 0.0625. The lowest BCUT2D eigenvalue weighted by atomic mass is 10.0. The van der Waals surface area contributed by atoms with Crippen LogP contribution in [0.4, 0.5) is 5.69 Å². The van der Waals surface area contributed by atoms with Crippen molar-refractivity contribution in [1.29, 1.82) is 0 Å². The first-order valence-corrected chi connectivity index (χ1v) is 6.25. The van der Waals surface area contributed by atoms with E-state index in [1.165, 1.54) is 0 Å². The number of ketones is 1. The van der Waals surface area contributed by atoms with Gasteiger partial charge in [-0.3, -0.25) is 4.79 Å². The van der Waals surface area contributed by atoms with Crippen LogP contribution in [0.2, 0.25) is 0 Å². The van der Waals surface area contributed by atoms with Crippen molar-refractivity contribution < 1.29 is 9.53 Å². The molecule has 0 aliphatic carbocycles. The predicted octanol–water partition coefficient (Wildman–Crippen LogP) is 2.99. The fourth-order valence-corrected chi connectivity index (χ4v) is 2.29. The van der Waals surface area contributed by atoms with Gasteiger partial charge in [0.1, 0.15) is 5.75 Å². The normalized spacial score (nSPS) is 10.7. The van der Waals surface area contributed by atoms with Crippen molar-refractivity contribution >= 4 is 22.4 Å². The number of carbonyl (C=O) groups is 1. The molecule has 4 nitrogen and oxygen atoms in total. The number of rotatable bonds is 3. The average molecular weight is 266 g/mol. The van der Waals surface area contributed by atoms with Crippen molar-refractivity contribution in [2.45, 2.75) is 0 Å². The minimum absolute atomic E-state index is 0.0549. The van der Waals surface area contributed by atoms with Gasteiger partial charge in [-0.25, -0.2) is 0 Å². The molecule has 0 saturated heterocycles. The number of fused-ring (bicyclic) bond motifs is 1. The molecule has 20 heavy (non-hydrogen) atoms. The summed E-state index contributed by atoms with van der Waals surface area (Å²) in [5, 5.41) is 0.803. The van der Waals surface area contributed by atoms with Crippen molar-refractivity contribution in [2.24, 2.45) is 0 Å². The molecule has 0 radical (unpaired) electrons. The highest BCUT2D eigenvalue weighted by molar-refractivity contribution is 6.17. The first-order valence-electron chi connectivity index (χ1n) is 6.25. The Labute approximate surface area is 116 Å². The van der Waals surface area contributed by atoms with Crippen LogP contribution >= 0.6 is 0 Å². The standard InChI is InChI=1S/C16H14N2O2/c1-20-14-4-2-3-13-15(14)12(9-18-13)16(19)10-5-7-11(17)8-6-10/h2-9,18H,17H2,1H3. The number of hydrogen-bond donors (Lipinski definition) is 2. The highest BCUT2D eigenvalue weighted by Crippen LogP contribution is 2.30. The fourth-order valence-electron chi connectivity index (χ4n) is 2.29. The number of benzene rings is 2. The summed E-state index contributed by atoms with van der Waals surface area (Å²) in [6.07, 6.45) is 1.71. The van der Waals surface area contributed by atoms with Crippen LogP contribution in [-0.2, 0) is 0 Å². The summed E-state index contributed by atoms with van der Waals surface area (Å²) < 4.78 is 5.34. The molecule has 0 bridgehead atoms. The van der Waals surface area contributed by atoms with Crippen molar-refractivity contribution in [3.63, 3.8) is 0 Å². The number of anilines is 1. The molecule has 0 aliphatic rings. The van der Waals surface area contributed by atoms with Crippen molar-refractivity contribution in [3.8, 4) is 5.75 Å². The van der Waals surface area contributed by atoms with Gasteiger partial charge in [-0.05, 0) is 36.4 Å². The number of nitrogens with two attached hydrogens (primary N) is 1. The van der Waals surface area contributed by atoms with Crippen LogP contribution < -0.4 is 10.5 Å². The van der Waals surface area contributed by atoms with E-state index in [9.17, 15) is 4.79 Å². The van der Waals surface area contributed by atoms with E-state index >= 15 is 0 Å². The summed E-state index contributed by atoms with van der Waals surface area (Å²) >= 11 is 0. The Morgan fingerprint density at radius 1 is 1.15 bits per heavy atom. The van der Waals surface area contributed by atoms with Gasteiger partial charge in [0, 0.05) is 23.0 Å². The number of ether oxygens (including phenoxy) is 1. The molecule has 2 aromatic carbocycles. The largest absolute Gasteiger partial charge is 0.496 e. The molecule has 0 aliphatic heterocycles. The maximum Gasteiger partial charge on any atom is 0.195 e. The topological polar surface area (TPSA) is 68.1 Å². The zero-order chi connectivity index (χ0) is 14.1. The maximum absolute atomic E-state index is 12.6. The highest BCUT2D eigenvalue weighted by atomic mass is 16.5. The lowest BCUT2D eigenvalue weighted by Gasteiger charge is -2.04.